The van der Waals surface area contributed by atoms with E-state index in [9.17, 15) is 0 Å². The fourth-order valence-electron chi connectivity index (χ4n) is 3.75. The molecule has 1 saturated heterocycles. The minimum absolute atomic E-state index is 0.657. The minimum atomic E-state index is 0.657. The summed E-state index contributed by atoms with van der Waals surface area (Å²) in [6.45, 7) is 1.13. The zero-order chi connectivity index (χ0) is 12.7. The fourth-order valence-corrected chi connectivity index (χ4v) is 3.75. The van der Waals surface area contributed by atoms with Gasteiger partial charge < -0.3 is 0 Å². The van der Waals surface area contributed by atoms with Gasteiger partial charge in [0.15, 0.2) is 0 Å². The molecule has 19 heavy (non-hydrogen) atoms. The second-order valence-corrected chi connectivity index (χ2v) is 5.55. The first kappa shape index (κ1) is 11.2. The zero-order valence-electron chi connectivity index (χ0n) is 11.0. The maximum Gasteiger partial charge on any atom is 0.0416 e. The molecular formula is C17H18N2. The number of fused-ring (bicyclic) bond motifs is 5. The largest absolute Gasteiger partial charge is 0.289 e. The van der Waals surface area contributed by atoms with Crippen LogP contribution in [0.5, 0.6) is 0 Å². The summed E-state index contributed by atoms with van der Waals surface area (Å²) in [4.78, 5) is 7.11. The van der Waals surface area contributed by atoms with E-state index in [2.05, 4.69) is 46.3 Å². The molecule has 2 aromatic rings. The SMILES string of the molecule is c1ccc(CCN2C3CCC2c2ccccc23)nc1. The quantitative estimate of drug-likeness (QED) is 0.828. The van der Waals surface area contributed by atoms with Crippen LogP contribution in [-0.2, 0) is 6.42 Å². The smallest absolute Gasteiger partial charge is 0.0416 e. The Morgan fingerprint density at radius 2 is 1.63 bits per heavy atom. The van der Waals surface area contributed by atoms with Crippen LogP contribution in [0.2, 0.25) is 0 Å². The third-order valence-electron chi connectivity index (χ3n) is 4.58. The van der Waals surface area contributed by atoms with Gasteiger partial charge in [-0.2, -0.15) is 0 Å². The van der Waals surface area contributed by atoms with Gasteiger partial charge in [-0.05, 0) is 36.1 Å². The van der Waals surface area contributed by atoms with Crippen molar-refractivity contribution in [3.8, 4) is 0 Å². The number of aromatic nitrogens is 1. The molecule has 1 fully saturated rings. The lowest BCUT2D eigenvalue weighted by molar-refractivity contribution is 0.225. The highest BCUT2D eigenvalue weighted by Crippen LogP contribution is 2.52. The summed E-state index contributed by atoms with van der Waals surface area (Å²) in [5.41, 5.74) is 4.34. The Balaban J connectivity index is 1.53. The van der Waals surface area contributed by atoms with Crippen molar-refractivity contribution < 1.29 is 0 Å². The summed E-state index contributed by atoms with van der Waals surface area (Å²) in [6.07, 6.45) is 5.60. The van der Waals surface area contributed by atoms with Gasteiger partial charge in [0.05, 0.1) is 0 Å². The molecule has 0 aliphatic carbocycles. The van der Waals surface area contributed by atoms with Crippen LogP contribution in [0.15, 0.2) is 48.7 Å². The van der Waals surface area contributed by atoms with Crippen molar-refractivity contribution in [3.63, 3.8) is 0 Å². The van der Waals surface area contributed by atoms with E-state index in [1.807, 2.05) is 12.3 Å². The molecule has 96 valence electrons. The van der Waals surface area contributed by atoms with Gasteiger partial charge in [-0.15, -0.1) is 0 Å². The lowest BCUT2D eigenvalue weighted by Crippen LogP contribution is -2.22. The van der Waals surface area contributed by atoms with Gasteiger partial charge in [0.25, 0.3) is 0 Å². The van der Waals surface area contributed by atoms with Gasteiger partial charge >= 0.3 is 0 Å². The molecule has 4 rings (SSSR count). The number of hydrogen-bond donors (Lipinski definition) is 0. The van der Waals surface area contributed by atoms with Crippen molar-refractivity contribution in [1.82, 2.24) is 9.88 Å². The highest BCUT2D eigenvalue weighted by Gasteiger charge is 2.42. The second kappa shape index (κ2) is 4.46. The average Bonchev–Trinajstić information content (AvgIpc) is 3.02. The molecule has 2 bridgehead atoms. The van der Waals surface area contributed by atoms with Crippen LogP contribution >= 0.6 is 0 Å². The Hall–Kier alpha value is -1.67. The molecule has 0 saturated carbocycles. The van der Waals surface area contributed by atoms with Gasteiger partial charge in [0.2, 0.25) is 0 Å². The minimum Gasteiger partial charge on any atom is -0.289 e. The molecule has 2 aliphatic rings. The molecule has 1 aromatic heterocycles. The Labute approximate surface area is 114 Å². The lowest BCUT2D eigenvalue weighted by atomic mass is 9.92. The van der Waals surface area contributed by atoms with Crippen LogP contribution in [0.1, 0.15) is 41.7 Å². The third kappa shape index (κ3) is 1.79. The summed E-state index contributed by atoms with van der Waals surface area (Å²) >= 11 is 0. The first-order chi connectivity index (χ1) is 9.43. The van der Waals surface area contributed by atoms with Crippen LogP contribution in [-0.4, -0.2) is 16.4 Å². The number of rotatable bonds is 3. The number of pyridine rings is 1. The van der Waals surface area contributed by atoms with Crippen molar-refractivity contribution in [3.05, 3.63) is 65.5 Å². The van der Waals surface area contributed by atoms with Gasteiger partial charge in [-0.1, -0.05) is 30.3 Å². The predicted octanol–water partition coefficient (Wildman–Crippen LogP) is 3.52. The summed E-state index contributed by atoms with van der Waals surface area (Å²) in [5.74, 6) is 0. The number of hydrogen-bond acceptors (Lipinski definition) is 2. The lowest BCUT2D eigenvalue weighted by Gasteiger charge is -2.21. The third-order valence-corrected chi connectivity index (χ3v) is 4.58. The van der Waals surface area contributed by atoms with E-state index in [1.54, 1.807) is 11.1 Å². The molecular weight excluding hydrogens is 232 g/mol. The molecule has 2 unspecified atom stereocenters. The summed E-state index contributed by atoms with van der Waals surface area (Å²) < 4.78 is 0. The topological polar surface area (TPSA) is 16.1 Å². The van der Waals surface area contributed by atoms with E-state index < -0.39 is 0 Å². The molecule has 2 heteroatoms. The van der Waals surface area contributed by atoms with Crippen molar-refractivity contribution in [2.75, 3.05) is 6.54 Å². The maximum absolute atomic E-state index is 4.43. The Morgan fingerprint density at radius 1 is 0.947 bits per heavy atom. The highest BCUT2D eigenvalue weighted by atomic mass is 15.2. The van der Waals surface area contributed by atoms with Crippen molar-refractivity contribution in [1.29, 1.82) is 0 Å². The van der Waals surface area contributed by atoms with E-state index >= 15 is 0 Å². The summed E-state index contributed by atoms with van der Waals surface area (Å²) in [6, 6.07) is 16.5. The van der Waals surface area contributed by atoms with Crippen LogP contribution in [0.25, 0.3) is 0 Å². The van der Waals surface area contributed by atoms with Crippen molar-refractivity contribution in [2.24, 2.45) is 0 Å². The summed E-state index contributed by atoms with van der Waals surface area (Å²) in [5, 5.41) is 0. The molecule has 0 amide bonds. The van der Waals surface area contributed by atoms with Crippen molar-refractivity contribution in [2.45, 2.75) is 31.3 Å². The van der Waals surface area contributed by atoms with Gasteiger partial charge in [-0.25, -0.2) is 0 Å². The monoisotopic (exact) mass is 250 g/mol. The van der Waals surface area contributed by atoms with Gasteiger partial charge in [0, 0.05) is 36.9 Å². The van der Waals surface area contributed by atoms with E-state index in [1.165, 1.54) is 18.5 Å². The maximum atomic E-state index is 4.43. The molecule has 1 aromatic carbocycles. The molecule has 3 heterocycles. The first-order valence-electron chi connectivity index (χ1n) is 7.18. The standard InChI is InChI=1S/C17H18N2/c1-2-7-15-14(6-1)16-8-9-17(15)19(16)12-10-13-5-3-4-11-18-13/h1-7,11,16-17H,8-10,12H2. The molecule has 0 spiro atoms. The first-order valence-corrected chi connectivity index (χ1v) is 7.18. The Kier molecular flexibility index (Phi) is 2.63. The van der Waals surface area contributed by atoms with Gasteiger partial charge in [-0.3, -0.25) is 9.88 Å². The van der Waals surface area contributed by atoms with E-state index in [0.29, 0.717) is 12.1 Å². The van der Waals surface area contributed by atoms with E-state index in [-0.39, 0.29) is 0 Å². The van der Waals surface area contributed by atoms with Gasteiger partial charge in [0.1, 0.15) is 0 Å². The van der Waals surface area contributed by atoms with Crippen LogP contribution in [0.4, 0.5) is 0 Å². The number of benzene rings is 1. The average molecular weight is 250 g/mol. The summed E-state index contributed by atoms with van der Waals surface area (Å²) in [7, 11) is 0. The van der Waals surface area contributed by atoms with Crippen LogP contribution < -0.4 is 0 Å². The molecule has 2 atom stereocenters. The molecule has 2 nitrogen and oxygen atoms in total. The van der Waals surface area contributed by atoms with E-state index in [0.717, 1.165) is 13.0 Å². The van der Waals surface area contributed by atoms with Crippen LogP contribution in [0, 0.1) is 0 Å². The predicted molar refractivity (Wildman–Crippen MR) is 75.8 cm³/mol. The van der Waals surface area contributed by atoms with Crippen LogP contribution in [0.3, 0.4) is 0 Å². The highest BCUT2D eigenvalue weighted by molar-refractivity contribution is 5.39. The molecule has 2 aliphatic heterocycles. The van der Waals surface area contributed by atoms with Crippen molar-refractivity contribution >= 4 is 0 Å². The zero-order valence-corrected chi connectivity index (χ0v) is 11.0. The normalized spacial score (nSPS) is 24.6. The second-order valence-electron chi connectivity index (χ2n) is 5.55. The Bertz CT molecular complexity index is 548. The Morgan fingerprint density at radius 3 is 2.26 bits per heavy atom. The molecule has 0 N–H and O–H groups in total. The fraction of sp³-hybridized carbons (Fsp3) is 0.353. The van der Waals surface area contributed by atoms with E-state index in [4.69, 9.17) is 0 Å². The molecule has 0 radical (unpaired) electrons. The number of nitrogens with zero attached hydrogens (tertiary/aromatic N) is 2.